The van der Waals surface area contributed by atoms with E-state index in [1.807, 2.05) is 6.92 Å². The molecule has 0 rings (SSSR count). The Morgan fingerprint density at radius 2 is 2.11 bits per heavy atom. The number of carboxylic acid groups (broad SMARTS) is 1. The van der Waals surface area contributed by atoms with Gasteiger partial charge in [0.2, 0.25) is 0 Å². The molecular formula is C5H13N2O2+. The van der Waals surface area contributed by atoms with Gasteiger partial charge in [-0.2, -0.15) is 0 Å². The second-order valence-electron chi connectivity index (χ2n) is 2.36. The second kappa shape index (κ2) is 3.42. The molecule has 4 nitrogen and oxygen atoms in total. The quantitative estimate of drug-likeness (QED) is 0.415. The Morgan fingerprint density at radius 1 is 1.67 bits per heavy atom. The van der Waals surface area contributed by atoms with Crippen LogP contribution in [0.4, 0.5) is 0 Å². The fourth-order valence-electron chi connectivity index (χ4n) is 0.582. The second-order valence-corrected chi connectivity index (χ2v) is 2.36. The third kappa shape index (κ3) is 3.93. The molecule has 4 heteroatoms. The Morgan fingerprint density at radius 3 is 2.22 bits per heavy atom. The number of carbonyl (C=O) groups excluding carboxylic acids is 1. The van der Waals surface area contributed by atoms with Gasteiger partial charge in [-0.3, -0.25) is 0 Å². The molecule has 0 aromatic carbocycles. The summed E-state index contributed by atoms with van der Waals surface area (Å²) < 4.78 is 0. The zero-order valence-corrected chi connectivity index (χ0v) is 5.59. The van der Waals surface area contributed by atoms with Gasteiger partial charge in [0.25, 0.3) is 0 Å². The van der Waals surface area contributed by atoms with Crippen molar-refractivity contribution in [3.05, 3.63) is 0 Å². The zero-order valence-electron chi connectivity index (χ0n) is 5.59. The molecule has 0 radical (unpaired) electrons. The molecule has 2 atom stereocenters. The van der Waals surface area contributed by atoms with E-state index in [4.69, 9.17) is 0 Å². The zero-order chi connectivity index (χ0) is 7.44. The summed E-state index contributed by atoms with van der Waals surface area (Å²) in [7, 11) is 0. The van der Waals surface area contributed by atoms with Crippen LogP contribution in [-0.4, -0.2) is 18.1 Å². The molecule has 0 unspecified atom stereocenters. The van der Waals surface area contributed by atoms with E-state index in [0.717, 1.165) is 0 Å². The molecule has 0 amide bonds. The van der Waals surface area contributed by atoms with Crippen LogP contribution >= 0.6 is 0 Å². The molecule has 0 saturated heterocycles. The minimum Gasteiger partial charge on any atom is -0.544 e. The number of aliphatic carboxylic acids is 1. The predicted molar refractivity (Wildman–Crippen MR) is 28.7 cm³/mol. The highest BCUT2D eigenvalue weighted by Gasteiger charge is 2.10. The average molecular weight is 133 g/mol. The molecular weight excluding hydrogens is 120 g/mol. The maximum Gasteiger partial charge on any atom is 0.130 e. The lowest BCUT2D eigenvalue weighted by Crippen LogP contribution is -2.72. The summed E-state index contributed by atoms with van der Waals surface area (Å²) in [5.74, 6) is -1.09. The molecule has 0 spiro atoms. The number of carboxylic acids is 1. The lowest BCUT2D eigenvalue weighted by atomic mass is 10.1. The molecule has 0 aromatic rings. The SMILES string of the molecule is C[C@H]([NH3+])C[C@H]([NH3+])C(=O)[O-]. The van der Waals surface area contributed by atoms with Gasteiger partial charge in [-0.15, -0.1) is 0 Å². The predicted octanol–water partition coefficient (Wildman–Crippen LogP) is -3.63. The van der Waals surface area contributed by atoms with E-state index in [2.05, 4.69) is 11.5 Å². The Hall–Kier alpha value is -0.610. The van der Waals surface area contributed by atoms with Gasteiger partial charge in [-0.05, 0) is 6.92 Å². The average Bonchev–Trinajstić information content (AvgIpc) is 1.63. The summed E-state index contributed by atoms with van der Waals surface area (Å²) in [4.78, 5) is 10.0. The number of hydrogen-bond donors (Lipinski definition) is 2. The number of carbonyl (C=O) groups is 1. The van der Waals surface area contributed by atoms with E-state index in [1.165, 1.54) is 0 Å². The standard InChI is InChI=1S/C5H12N2O2/c1-3(6)2-4(7)5(8)9/h3-4H,2,6-7H2,1H3,(H,8,9)/p+1/t3-,4-/m0/s1. The summed E-state index contributed by atoms with van der Waals surface area (Å²) in [6, 6.07) is -0.483. The molecule has 0 aliphatic rings. The first kappa shape index (κ1) is 8.39. The van der Waals surface area contributed by atoms with Gasteiger partial charge in [0.05, 0.1) is 18.4 Å². The van der Waals surface area contributed by atoms with E-state index in [0.29, 0.717) is 6.42 Å². The molecule has 0 aliphatic carbocycles. The van der Waals surface area contributed by atoms with E-state index in [1.54, 1.807) is 0 Å². The van der Waals surface area contributed by atoms with Gasteiger partial charge in [-0.25, -0.2) is 0 Å². The van der Waals surface area contributed by atoms with Crippen LogP contribution in [0.5, 0.6) is 0 Å². The summed E-state index contributed by atoms with van der Waals surface area (Å²) >= 11 is 0. The van der Waals surface area contributed by atoms with Crippen molar-refractivity contribution >= 4 is 5.97 Å². The van der Waals surface area contributed by atoms with Crippen LogP contribution in [0.25, 0.3) is 0 Å². The van der Waals surface area contributed by atoms with Gasteiger partial charge in [0.15, 0.2) is 0 Å². The van der Waals surface area contributed by atoms with E-state index >= 15 is 0 Å². The van der Waals surface area contributed by atoms with Crippen molar-refractivity contribution in [1.82, 2.24) is 0 Å². The Kier molecular flexibility index (Phi) is 3.19. The highest BCUT2D eigenvalue weighted by Crippen LogP contribution is 1.85. The topological polar surface area (TPSA) is 95.4 Å². The third-order valence-corrected chi connectivity index (χ3v) is 1.02. The van der Waals surface area contributed by atoms with E-state index in [-0.39, 0.29) is 6.04 Å². The van der Waals surface area contributed by atoms with Gasteiger partial charge in [0, 0.05) is 0 Å². The molecule has 0 fully saturated rings. The minimum atomic E-state index is -1.09. The van der Waals surface area contributed by atoms with Gasteiger partial charge in [-0.1, -0.05) is 0 Å². The highest BCUT2D eigenvalue weighted by molar-refractivity contribution is 5.69. The van der Waals surface area contributed by atoms with Crippen LogP contribution in [0.15, 0.2) is 0 Å². The first-order valence-corrected chi connectivity index (χ1v) is 2.91. The first-order chi connectivity index (χ1) is 4.04. The highest BCUT2D eigenvalue weighted by atomic mass is 16.4. The van der Waals surface area contributed by atoms with Crippen molar-refractivity contribution in [3.63, 3.8) is 0 Å². The molecule has 0 aromatic heterocycles. The van der Waals surface area contributed by atoms with Crippen molar-refractivity contribution in [2.24, 2.45) is 0 Å². The molecule has 0 heterocycles. The Labute approximate surface area is 53.8 Å². The van der Waals surface area contributed by atoms with Crippen LogP contribution in [0, 0.1) is 0 Å². The first-order valence-electron chi connectivity index (χ1n) is 2.91. The van der Waals surface area contributed by atoms with Crippen LogP contribution in [0.1, 0.15) is 13.3 Å². The number of rotatable bonds is 3. The minimum absolute atomic E-state index is 0.130. The molecule has 6 N–H and O–H groups in total. The molecule has 9 heavy (non-hydrogen) atoms. The molecule has 0 saturated carbocycles. The van der Waals surface area contributed by atoms with Gasteiger partial charge in [0.1, 0.15) is 6.04 Å². The molecule has 0 aliphatic heterocycles. The lowest BCUT2D eigenvalue weighted by Gasteiger charge is -2.08. The maximum atomic E-state index is 10.0. The van der Waals surface area contributed by atoms with Crippen molar-refractivity contribution in [2.45, 2.75) is 25.4 Å². The Bertz CT molecular complexity index is 103. The maximum absolute atomic E-state index is 10.0. The fraction of sp³-hybridized carbons (Fsp3) is 0.800. The van der Waals surface area contributed by atoms with Gasteiger partial charge >= 0.3 is 0 Å². The molecule has 0 bridgehead atoms. The summed E-state index contributed by atoms with van der Waals surface area (Å²) in [6.45, 7) is 1.85. The number of quaternary nitrogens is 2. The molecule has 54 valence electrons. The number of hydrogen-bond acceptors (Lipinski definition) is 2. The van der Waals surface area contributed by atoms with E-state index < -0.39 is 12.0 Å². The normalized spacial score (nSPS) is 16.8. The van der Waals surface area contributed by atoms with Crippen molar-refractivity contribution in [3.8, 4) is 0 Å². The van der Waals surface area contributed by atoms with Crippen molar-refractivity contribution < 1.29 is 21.4 Å². The lowest BCUT2D eigenvalue weighted by molar-refractivity contribution is -0.468. The summed E-state index contributed by atoms with van der Waals surface area (Å²) in [5, 5.41) is 10.0. The third-order valence-electron chi connectivity index (χ3n) is 1.02. The monoisotopic (exact) mass is 133 g/mol. The van der Waals surface area contributed by atoms with Gasteiger partial charge < -0.3 is 21.4 Å². The Balaban J connectivity index is 3.50. The summed E-state index contributed by atoms with van der Waals surface area (Å²) in [5.41, 5.74) is 7.01. The fourth-order valence-corrected chi connectivity index (χ4v) is 0.582. The van der Waals surface area contributed by atoms with E-state index in [9.17, 15) is 9.90 Å². The van der Waals surface area contributed by atoms with Crippen LogP contribution < -0.4 is 16.6 Å². The van der Waals surface area contributed by atoms with Crippen LogP contribution in [-0.2, 0) is 4.79 Å². The van der Waals surface area contributed by atoms with Crippen molar-refractivity contribution in [1.29, 1.82) is 0 Å². The smallest absolute Gasteiger partial charge is 0.130 e. The van der Waals surface area contributed by atoms with Crippen LogP contribution in [0.3, 0.4) is 0 Å². The van der Waals surface area contributed by atoms with Crippen LogP contribution in [0.2, 0.25) is 0 Å². The largest absolute Gasteiger partial charge is 0.544 e. The van der Waals surface area contributed by atoms with Crippen molar-refractivity contribution in [2.75, 3.05) is 0 Å². The summed E-state index contributed by atoms with van der Waals surface area (Å²) in [6.07, 6.45) is 0.488.